The predicted molar refractivity (Wildman–Crippen MR) is 128 cm³/mol. The first kappa shape index (κ1) is 23.4. The zero-order valence-corrected chi connectivity index (χ0v) is 19.5. The average Bonchev–Trinajstić information content (AvgIpc) is 3.06. The van der Waals surface area contributed by atoms with E-state index in [0.29, 0.717) is 17.7 Å². The van der Waals surface area contributed by atoms with Gasteiger partial charge in [-0.1, -0.05) is 60.5 Å². The van der Waals surface area contributed by atoms with Gasteiger partial charge < -0.3 is 5.32 Å². The zero-order valence-electron chi connectivity index (χ0n) is 18.0. The molecule has 0 saturated heterocycles. The number of carbonyl (C=O) groups excluding carboxylic acids is 2. The van der Waals surface area contributed by atoms with Crippen molar-refractivity contribution in [1.82, 2.24) is 0 Å². The Balaban J connectivity index is 1.78. The number of ketones is 1. The minimum Gasteiger partial charge on any atom is -0.326 e. The molecule has 4 rings (SSSR count). The molecule has 0 heterocycles. The van der Waals surface area contributed by atoms with Crippen molar-refractivity contribution in [2.75, 3.05) is 5.32 Å². The lowest BCUT2D eigenvalue weighted by Crippen LogP contribution is -2.48. The Bertz CT molecular complexity index is 1250. The van der Waals surface area contributed by atoms with Crippen molar-refractivity contribution in [2.45, 2.75) is 38.0 Å². The molecule has 1 aliphatic rings. The van der Waals surface area contributed by atoms with Gasteiger partial charge in [0.15, 0.2) is 5.78 Å². The fraction of sp³-hybridized carbons (Fsp3) is 0.231. The van der Waals surface area contributed by atoms with E-state index in [1.807, 2.05) is 12.1 Å². The summed E-state index contributed by atoms with van der Waals surface area (Å²) in [5.41, 5.74) is 0.974. The van der Waals surface area contributed by atoms with Crippen molar-refractivity contribution in [1.29, 1.82) is 0 Å². The standard InChI is InChI=1S/C26H21Cl2F2NO2/c1-3-23(32)31-21-6-4-5-15(10-21)16-7-8-22-17(9-16)14-26(24(22)33,25(2,29)30)18-11-19(27)13-20(28)12-18/h4-13H,3,14H2,1-2H3,(H,31,32). The van der Waals surface area contributed by atoms with Gasteiger partial charge in [-0.25, -0.2) is 8.78 Å². The molecule has 1 atom stereocenters. The highest BCUT2D eigenvalue weighted by Crippen LogP contribution is 2.51. The van der Waals surface area contributed by atoms with Gasteiger partial charge in [-0.3, -0.25) is 9.59 Å². The second kappa shape index (κ2) is 8.54. The third-order valence-electron chi connectivity index (χ3n) is 6.10. The van der Waals surface area contributed by atoms with Gasteiger partial charge in [0.1, 0.15) is 5.41 Å². The Hall–Kier alpha value is -2.76. The molecule has 0 fully saturated rings. The van der Waals surface area contributed by atoms with E-state index < -0.39 is 17.1 Å². The van der Waals surface area contributed by atoms with E-state index in [-0.39, 0.29) is 33.5 Å². The first-order chi connectivity index (χ1) is 15.5. The Morgan fingerprint density at radius 1 is 1.03 bits per heavy atom. The van der Waals surface area contributed by atoms with Gasteiger partial charge in [-0.15, -0.1) is 0 Å². The van der Waals surface area contributed by atoms with E-state index in [9.17, 15) is 9.59 Å². The van der Waals surface area contributed by atoms with Crippen molar-refractivity contribution >= 4 is 40.6 Å². The van der Waals surface area contributed by atoms with Crippen LogP contribution < -0.4 is 5.32 Å². The second-order valence-electron chi connectivity index (χ2n) is 8.31. The number of benzene rings is 3. The second-order valence-corrected chi connectivity index (χ2v) is 9.19. The lowest BCUT2D eigenvalue weighted by atomic mass is 9.72. The molecule has 0 bridgehead atoms. The Morgan fingerprint density at radius 2 is 1.70 bits per heavy atom. The molecule has 7 heteroatoms. The highest BCUT2D eigenvalue weighted by Gasteiger charge is 2.60. The van der Waals surface area contributed by atoms with Crippen LogP contribution in [0.15, 0.2) is 60.7 Å². The number of amides is 1. The summed E-state index contributed by atoms with van der Waals surface area (Å²) in [6.07, 6.45) is 0.174. The number of hydrogen-bond acceptors (Lipinski definition) is 2. The van der Waals surface area contributed by atoms with Gasteiger partial charge in [0.2, 0.25) is 5.91 Å². The molecule has 1 unspecified atom stereocenters. The summed E-state index contributed by atoms with van der Waals surface area (Å²) in [7, 11) is 0. The van der Waals surface area contributed by atoms with Crippen LogP contribution in [-0.4, -0.2) is 17.6 Å². The van der Waals surface area contributed by atoms with E-state index in [4.69, 9.17) is 23.2 Å². The molecule has 3 aromatic carbocycles. The van der Waals surface area contributed by atoms with Crippen LogP contribution in [0, 0.1) is 0 Å². The molecule has 0 aliphatic heterocycles. The summed E-state index contributed by atoms with van der Waals surface area (Å²) < 4.78 is 30.3. The number of hydrogen-bond donors (Lipinski definition) is 1. The Labute approximate surface area is 200 Å². The lowest BCUT2D eigenvalue weighted by molar-refractivity contribution is -0.115. The molecule has 170 valence electrons. The topological polar surface area (TPSA) is 46.2 Å². The Morgan fingerprint density at radius 3 is 2.33 bits per heavy atom. The van der Waals surface area contributed by atoms with Crippen molar-refractivity contribution in [2.24, 2.45) is 0 Å². The zero-order chi connectivity index (χ0) is 24.0. The normalized spacial score (nSPS) is 17.7. The van der Waals surface area contributed by atoms with E-state index >= 15 is 8.78 Å². The van der Waals surface area contributed by atoms with Gasteiger partial charge in [0.05, 0.1) is 0 Å². The van der Waals surface area contributed by atoms with Crippen LogP contribution in [0.4, 0.5) is 14.5 Å². The van der Waals surface area contributed by atoms with Gasteiger partial charge in [0, 0.05) is 34.6 Å². The molecular formula is C26H21Cl2F2NO2. The fourth-order valence-electron chi connectivity index (χ4n) is 4.40. The number of Topliss-reactive ketones (excluding diaryl/α,β-unsaturated/α-hetero) is 1. The minimum atomic E-state index is -3.36. The van der Waals surface area contributed by atoms with E-state index in [2.05, 4.69) is 5.32 Å². The third-order valence-corrected chi connectivity index (χ3v) is 6.54. The summed E-state index contributed by atoms with van der Waals surface area (Å²) in [6, 6.07) is 16.5. The van der Waals surface area contributed by atoms with Crippen LogP contribution in [0.1, 0.15) is 41.8 Å². The quantitative estimate of drug-likeness (QED) is 0.409. The minimum absolute atomic E-state index is 0.0968. The van der Waals surface area contributed by atoms with Crippen molar-refractivity contribution in [3.8, 4) is 11.1 Å². The predicted octanol–water partition coefficient (Wildman–Crippen LogP) is 7.34. The fourth-order valence-corrected chi connectivity index (χ4v) is 4.93. The number of carbonyl (C=O) groups is 2. The summed E-state index contributed by atoms with van der Waals surface area (Å²) in [5.74, 6) is -4.12. The molecule has 0 radical (unpaired) electrons. The van der Waals surface area contributed by atoms with Crippen molar-refractivity contribution < 1.29 is 18.4 Å². The number of anilines is 1. The van der Waals surface area contributed by atoms with Gasteiger partial charge in [0.25, 0.3) is 5.92 Å². The number of rotatable bonds is 5. The van der Waals surface area contributed by atoms with Crippen LogP contribution in [0.25, 0.3) is 11.1 Å². The smallest absolute Gasteiger partial charge is 0.262 e. The molecule has 1 aliphatic carbocycles. The maximum Gasteiger partial charge on any atom is 0.262 e. The number of alkyl halides is 2. The van der Waals surface area contributed by atoms with Crippen LogP contribution >= 0.6 is 23.2 Å². The molecule has 33 heavy (non-hydrogen) atoms. The largest absolute Gasteiger partial charge is 0.326 e. The maximum atomic E-state index is 15.1. The molecule has 1 N–H and O–H groups in total. The first-order valence-corrected chi connectivity index (χ1v) is 11.2. The number of nitrogens with one attached hydrogen (secondary N) is 1. The Kier molecular flexibility index (Phi) is 6.06. The van der Waals surface area contributed by atoms with Gasteiger partial charge in [-0.2, -0.15) is 0 Å². The van der Waals surface area contributed by atoms with Crippen LogP contribution in [-0.2, 0) is 16.6 Å². The summed E-state index contributed by atoms with van der Waals surface area (Å²) >= 11 is 12.2. The summed E-state index contributed by atoms with van der Waals surface area (Å²) in [4.78, 5) is 25.2. The highest BCUT2D eigenvalue weighted by molar-refractivity contribution is 6.34. The number of fused-ring (bicyclic) bond motifs is 1. The van der Waals surface area contributed by atoms with E-state index in [1.165, 1.54) is 18.2 Å². The van der Waals surface area contributed by atoms with Crippen molar-refractivity contribution in [3.05, 3.63) is 87.4 Å². The maximum absolute atomic E-state index is 15.1. The molecule has 3 nitrogen and oxygen atoms in total. The van der Waals surface area contributed by atoms with Crippen molar-refractivity contribution in [3.63, 3.8) is 0 Å². The monoisotopic (exact) mass is 487 g/mol. The molecule has 1 amide bonds. The number of halogens is 4. The molecular weight excluding hydrogens is 467 g/mol. The van der Waals surface area contributed by atoms with Crippen LogP contribution in [0.5, 0.6) is 0 Å². The van der Waals surface area contributed by atoms with E-state index in [0.717, 1.165) is 18.1 Å². The first-order valence-electron chi connectivity index (χ1n) is 10.5. The molecule has 0 spiro atoms. The summed E-state index contributed by atoms with van der Waals surface area (Å²) in [5, 5.41) is 3.19. The van der Waals surface area contributed by atoms with Crippen LogP contribution in [0.3, 0.4) is 0 Å². The highest BCUT2D eigenvalue weighted by atomic mass is 35.5. The average molecular weight is 488 g/mol. The molecule has 0 aromatic heterocycles. The molecule has 0 saturated carbocycles. The van der Waals surface area contributed by atoms with Gasteiger partial charge >= 0.3 is 0 Å². The lowest BCUT2D eigenvalue weighted by Gasteiger charge is -2.34. The van der Waals surface area contributed by atoms with Crippen LogP contribution in [0.2, 0.25) is 10.0 Å². The van der Waals surface area contributed by atoms with Gasteiger partial charge in [-0.05, 0) is 59.0 Å². The van der Waals surface area contributed by atoms with E-state index in [1.54, 1.807) is 37.3 Å². The third kappa shape index (κ3) is 4.16. The SMILES string of the molecule is CCC(=O)Nc1cccc(-c2ccc3c(c2)CC(c2cc(Cl)cc(Cl)c2)(C(C)(F)F)C3=O)c1. The summed E-state index contributed by atoms with van der Waals surface area (Å²) in [6.45, 7) is 2.52. The molecule has 3 aromatic rings.